The molecule has 1 aliphatic carbocycles. The van der Waals surface area contributed by atoms with Crippen molar-refractivity contribution >= 4 is 16.6 Å². The molecule has 0 amide bonds. The molecule has 0 radical (unpaired) electrons. The number of carbonyl (C=O) groups excluding carboxylic acids is 1. The Hall–Kier alpha value is -3.19. The second-order valence-electron chi connectivity index (χ2n) is 6.13. The summed E-state index contributed by atoms with van der Waals surface area (Å²) in [6.45, 7) is 0. The van der Waals surface area contributed by atoms with Crippen molar-refractivity contribution in [2.45, 2.75) is 0 Å². The van der Waals surface area contributed by atoms with Crippen LogP contribution in [-0.4, -0.2) is 5.78 Å². The molecule has 5 rings (SSSR count). The highest BCUT2D eigenvalue weighted by molar-refractivity contribution is 6.24. The Balaban J connectivity index is 1.89. The minimum absolute atomic E-state index is 0.127. The van der Waals surface area contributed by atoms with Crippen molar-refractivity contribution in [2.75, 3.05) is 0 Å². The third-order valence-corrected chi connectivity index (χ3v) is 4.83. The summed E-state index contributed by atoms with van der Waals surface area (Å²) in [4.78, 5) is 12.7. The maximum absolute atomic E-state index is 12.7. The van der Waals surface area contributed by atoms with Crippen molar-refractivity contribution < 1.29 is 4.79 Å². The first kappa shape index (κ1) is 13.3. The Kier molecular flexibility index (Phi) is 2.71. The van der Waals surface area contributed by atoms with Crippen LogP contribution in [0.1, 0.15) is 15.9 Å². The SMILES string of the molecule is O=C1c2ccccc2-c2c1cccc2-c1cccc2ccccc12. The molecule has 0 saturated carbocycles. The second-order valence-corrected chi connectivity index (χ2v) is 6.13. The van der Waals surface area contributed by atoms with Gasteiger partial charge in [0, 0.05) is 16.7 Å². The lowest BCUT2D eigenvalue weighted by Crippen LogP contribution is -1.94. The number of fused-ring (bicyclic) bond motifs is 4. The number of hydrogen-bond acceptors (Lipinski definition) is 1. The van der Waals surface area contributed by atoms with Gasteiger partial charge in [0.15, 0.2) is 5.78 Å². The van der Waals surface area contributed by atoms with Crippen molar-refractivity contribution in [3.63, 3.8) is 0 Å². The highest BCUT2D eigenvalue weighted by atomic mass is 16.1. The van der Waals surface area contributed by atoms with Crippen LogP contribution in [0, 0.1) is 0 Å². The van der Waals surface area contributed by atoms with Gasteiger partial charge in [0.05, 0.1) is 0 Å². The summed E-state index contributed by atoms with van der Waals surface area (Å²) in [5.74, 6) is 0.127. The first-order valence-corrected chi connectivity index (χ1v) is 8.10. The van der Waals surface area contributed by atoms with E-state index in [-0.39, 0.29) is 5.78 Å². The van der Waals surface area contributed by atoms with Crippen molar-refractivity contribution in [3.05, 3.63) is 96.1 Å². The van der Waals surface area contributed by atoms with E-state index in [4.69, 9.17) is 0 Å². The lowest BCUT2D eigenvalue weighted by atomic mass is 9.91. The van der Waals surface area contributed by atoms with Gasteiger partial charge in [-0.25, -0.2) is 0 Å². The van der Waals surface area contributed by atoms with Crippen LogP contribution < -0.4 is 0 Å². The van der Waals surface area contributed by atoms with Crippen molar-refractivity contribution in [1.29, 1.82) is 0 Å². The summed E-state index contributed by atoms with van der Waals surface area (Å²) >= 11 is 0. The van der Waals surface area contributed by atoms with Crippen LogP contribution in [0.4, 0.5) is 0 Å². The zero-order valence-electron chi connectivity index (χ0n) is 13.0. The fraction of sp³-hybridized carbons (Fsp3) is 0. The number of rotatable bonds is 1. The van der Waals surface area contributed by atoms with Gasteiger partial charge in [-0.15, -0.1) is 0 Å². The topological polar surface area (TPSA) is 17.1 Å². The summed E-state index contributed by atoms with van der Waals surface area (Å²) in [6, 6.07) is 28.7. The molecule has 0 aromatic heterocycles. The lowest BCUT2D eigenvalue weighted by molar-refractivity contribution is 0.104. The van der Waals surface area contributed by atoms with E-state index in [0.29, 0.717) is 0 Å². The molecular formula is C23H14O. The minimum Gasteiger partial charge on any atom is -0.289 e. The van der Waals surface area contributed by atoms with Crippen molar-refractivity contribution in [1.82, 2.24) is 0 Å². The third-order valence-electron chi connectivity index (χ3n) is 4.83. The summed E-state index contributed by atoms with van der Waals surface area (Å²) in [6.07, 6.45) is 0. The van der Waals surface area contributed by atoms with E-state index in [1.165, 1.54) is 16.3 Å². The predicted molar refractivity (Wildman–Crippen MR) is 98.3 cm³/mol. The molecule has 0 N–H and O–H groups in total. The van der Waals surface area contributed by atoms with Crippen LogP contribution >= 0.6 is 0 Å². The van der Waals surface area contributed by atoms with Crippen LogP contribution in [-0.2, 0) is 0 Å². The number of ketones is 1. The molecular weight excluding hydrogens is 292 g/mol. The Morgan fingerprint density at radius 3 is 1.96 bits per heavy atom. The van der Waals surface area contributed by atoms with Crippen LogP contribution in [0.15, 0.2) is 84.9 Å². The zero-order valence-corrected chi connectivity index (χ0v) is 13.0. The van der Waals surface area contributed by atoms with E-state index in [1.54, 1.807) is 0 Å². The van der Waals surface area contributed by atoms with E-state index in [9.17, 15) is 4.79 Å². The normalized spacial score (nSPS) is 12.2. The Bertz CT molecular complexity index is 1120. The van der Waals surface area contributed by atoms with Gasteiger partial charge in [0.1, 0.15) is 0 Å². The van der Waals surface area contributed by atoms with Gasteiger partial charge in [0.2, 0.25) is 0 Å². The van der Waals surface area contributed by atoms with Gasteiger partial charge in [-0.1, -0.05) is 84.9 Å². The third kappa shape index (κ3) is 1.73. The Labute approximate surface area is 140 Å². The van der Waals surface area contributed by atoms with Crippen LogP contribution in [0.5, 0.6) is 0 Å². The standard InChI is InChI=1S/C23H14O/c24-23-20-11-4-3-10-19(20)22-18(13-6-14-21(22)23)17-12-5-8-15-7-1-2-9-16(15)17/h1-14H. The minimum atomic E-state index is 0.127. The molecule has 1 nitrogen and oxygen atoms in total. The molecule has 112 valence electrons. The molecule has 0 saturated heterocycles. The van der Waals surface area contributed by atoms with Gasteiger partial charge in [-0.05, 0) is 27.5 Å². The number of benzene rings is 4. The molecule has 0 bridgehead atoms. The summed E-state index contributed by atoms with van der Waals surface area (Å²) < 4.78 is 0. The molecule has 4 aromatic carbocycles. The average molecular weight is 306 g/mol. The van der Waals surface area contributed by atoms with E-state index in [1.807, 2.05) is 36.4 Å². The molecule has 0 atom stereocenters. The van der Waals surface area contributed by atoms with Crippen LogP contribution in [0.25, 0.3) is 33.0 Å². The first-order valence-electron chi connectivity index (χ1n) is 8.10. The van der Waals surface area contributed by atoms with E-state index in [2.05, 4.69) is 48.5 Å². The highest BCUT2D eigenvalue weighted by Gasteiger charge is 2.28. The average Bonchev–Trinajstić information content (AvgIpc) is 2.95. The Morgan fingerprint density at radius 1 is 0.458 bits per heavy atom. The van der Waals surface area contributed by atoms with Gasteiger partial charge in [-0.2, -0.15) is 0 Å². The molecule has 24 heavy (non-hydrogen) atoms. The predicted octanol–water partition coefficient (Wildman–Crippen LogP) is 5.72. The van der Waals surface area contributed by atoms with Gasteiger partial charge in [-0.3, -0.25) is 4.79 Å². The first-order chi connectivity index (χ1) is 11.8. The maximum Gasteiger partial charge on any atom is 0.194 e. The van der Waals surface area contributed by atoms with Gasteiger partial charge < -0.3 is 0 Å². The summed E-state index contributed by atoms with van der Waals surface area (Å²) in [7, 11) is 0. The van der Waals surface area contributed by atoms with Crippen molar-refractivity contribution in [2.24, 2.45) is 0 Å². The number of carbonyl (C=O) groups is 1. The van der Waals surface area contributed by atoms with E-state index in [0.717, 1.165) is 27.8 Å². The maximum atomic E-state index is 12.7. The van der Waals surface area contributed by atoms with Crippen LogP contribution in [0.2, 0.25) is 0 Å². The van der Waals surface area contributed by atoms with Gasteiger partial charge >= 0.3 is 0 Å². The molecule has 0 aliphatic heterocycles. The lowest BCUT2D eigenvalue weighted by Gasteiger charge is -2.12. The molecule has 0 heterocycles. The van der Waals surface area contributed by atoms with E-state index < -0.39 is 0 Å². The smallest absolute Gasteiger partial charge is 0.194 e. The fourth-order valence-corrected chi connectivity index (χ4v) is 3.76. The Morgan fingerprint density at radius 2 is 1.04 bits per heavy atom. The molecule has 4 aromatic rings. The second kappa shape index (κ2) is 4.90. The zero-order chi connectivity index (χ0) is 16.1. The summed E-state index contributed by atoms with van der Waals surface area (Å²) in [5.41, 5.74) is 6.02. The van der Waals surface area contributed by atoms with E-state index >= 15 is 0 Å². The molecule has 0 spiro atoms. The summed E-state index contributed by atoms with van der Waals surface area (Å²) in [5, 5.41) is 2.43. The van der Waals surface area contributed by atoms with Crippen LogP contribution in [0.3, 0.4) is 0 Å². The quantitative estimate of drug-likeness (QED) is 0.387. The molecule has 1 aliphatic rings. The highest BCUT2D eigenvalue weighted by Crippen LogP contribution is 2.44. The molecule has 1 heteroatoms. The van der Waals surface area contributed by atoms with Gasteiger partial charge in [0.25, 0.3) is 0 Å². The number of hydrogen-bond donors (Lipinski definition) is 0. The fourth-order valence-electron chi connectivity index (χ4n) is 3.76. The molecule has 0 fully saturated rings. The van der Waals surface area contributed by atoms with Crippen molar-refractivity contribution in [3.8, 4) is 22.3 Å². The largest absolute Gasteiger partial charge is 0.289 e. The molecule has 0 unspecified atom stereocenters. The monoisotopic (exact) mass is 306 g/mol.